The number of benzene rings is 2. The van der Waals surface area contributed by atoms with Gasteiger partial charge in [-0.25, -0.2) is 14.2 Å². The lowest BCUT2D eigenvalue weighted by Gasteiger charge is -2.23. The Morgan fingerprint density at radius 1 is 1.15 bits per heavy atom. The molecule has 0 radical (unpaired) electrons. The van der Waals surface area contributed by atoms with Crippen LogP contribution in [-0.4, -0.2) is 42.0 Å². The minimum Gasteiger partial charge on any atom is -0.507 e. The van der Waals surface area contributed by atoms with Gasteiger partial charge in [0.05, 0.1) is 25.5 Å². The highest BCUT2D eigenvalue weighted by Crippen LogP contribution is 2.44. The van der Waals surface area contributed by atoms with Gasteiger partial charge >= 0.3 is 11.9 Å². The van der Waals surface area contributed by atoms with Gasteiger partial charge in [0.1, 0.15) is 28.2 Å². The molecule has 1 saturated heterocycles. The molecule has 0 saturated carbocycles. The SMILES string of the molecule is COC(=O)c1sc(N2C(=O)C(=O)C(=C(O)c3cccc(OC)c3)[C@H]2c2ccccc2F)nc1C. The van der Waals surface area contributed by atoms with Crippen molar-refractivity contribution in [1.29, 1.82) is 0 Å². The number of aliphatic hydroxyl groups excluding tert-OH is 1. The normalized spacial score (nSPS) is 17.2. The number of anilines is 1. The van der Waals surface area contributed by atoms with Crippen LogP contribution in [0.25, 0.3) is 5.76 Å². The average molecular weight is 482 g/mol. The zero-order valence-electron chi connectivity index (χ0n) is 18.4. The van der Waals surface area contributed by atoms with Crippen molar-refractivity contribution in [3.05, 3.63) is 81.6 Å². The van der Waals surface area contributed by atoms with Crippen molar-refractivity contribution in [2.75, 3.05) is 19.1 Å². The Morgan fingerprint density at radius 2 is 1.88 bits per heavy atom. The molecule has 0 bridgehead atoms. The predicted octanol–water partition coefficient (Wildman–Crippen LogP) is 4.01. The average Bonchev–Trinajstić information content (AvgIpc) is 3.35. The summed E-state index contributed by atoms with van der Waals surface area (Å²) in [6.45, 7) is 1.55. The van der Waals surface area contributed by atoms with Gasteiger partial charge in [-0.1, -0.05) is 41.7 Å². The summed E-state index contributed by atoms with van der Waals surface area (Å²) in [6, 6.07) is 10.6. The van der Waals surface area contributed by atoms with E-state index in [2.05, 4.69) is 4.98 Å². The number of aliphatic hydroxyl groups is 1. The van der Waals surface area contributed by atoms with E-state index in [1.54, 1.807) is 25.1 Å². The monoisotopic (exact) mass is 482 g/mol. The van der Waals surface area contributed by atoms with Crippen LogP contribution in [0.4, 0.5) is 9.52 Å². The minimum atomic E-state index is -1.32. The molecule has 0 aliphatic carbocycles. The van der Waals surface area contributed by atoms with Crippen molar-refractivity contribution in [2.24, 2.45) is 0 Å². The van der Waals surface area contributed by atoms with E-state index in [0.717, 1.165) is 16.2 Å². The zero-order chi connectivity index (χ0) is 24.6. The summed E-state index contributed by atoms with van der Waals surface area (Å²) in [5, 5.41) is 11.1. The van der Waals surface area contributed by atoms with Gasteiger partial charge in [-0.15, -0.1) is 0 Å². The standard InChI is InChI=1S/C24H19FN2O6S/c1-12-21(23(31)33-3)34-24(26-12)27-18(15-9-4-5-10-16(15)25)17(20(29)22(27)30)19(28)13-7-6-8-14(11-13)32-2/h4-11,18,28H,1-3H3/t18-/m1/s1. The lowest BCUT2D eigenvalue weighted by Crippen LogP contribution is -2.29. The molecule has 1 aromatic heterocycles. The van der Waals surface area contributed by atoms with Crippen LogP contribution in [0.15, 0.2) is 54.1 Å². The molecule has 174 valence electrons. The molecule has 1 atom stereocenters. The van der Waals surface area contributed by atoms with Crippen molar-refractivity contribution in [2.45, 2.75) is 13.0 Å². The third-order valence-corrected chi connectivity index (χ3v) is 6.49. The number of hydrogen-bond donors (Lipinski definition) is 1. The number of Topliss-reactive ketones (excluding diaryl/α,β-unsaturated/α-hetero) is 1. The Morgan fingerprint density at radius 3 is 2.56 bits per heavy atom. The Kier molecular flexibility index (Phi) is 6.16. The summed E-state index contributed by atoms with van der Waals surface area (Å²) < 4.78 is 24.9. The topological polar surface area (TPSA) is 106 Å². The van der Waals surface area contributed by atoms with Gasteiger partial charge in [-0.3, -0.25) is 14.5 Å². The molecule has 1 aliphatic rings. The van der Waals surface area contributed by atoms with Crippen LogP contribution in [0.1, 0.15) is 32.5 Å². The van der Waals surface area contributed by atoms with E-state index in [-0.39, 0.29) is 32.4 Å². The smallest absolute Gasteiger partial charge is 0.350 e. The number of hydrogen-bond acceptors (Lipinski definition) is 8. The first-order valence-corrected chi connectivity index (χ1v) is 10.9. The molecule has 34 heavy (non-hydrogen) atoms. The molecule has 1 fully saturated rings. The summed E-state index contributed by atoms with van der Waals surface area (Å²) in [5.41, 5.74) is 0.174. The van der Waals surface area contributed by atoms with Crippen molar-refractivity contribution in [1.82, 2.24) is 4.98 Å². The number of rotatable bonds is 5. The quantitative estimate of drug-likeness (QED) is 0.253. The third-order valence-electron chi connectivity index (χ3n) is 5.35. The van der Waals surface area contributed by atoms with Crippen LogP contribution >= 0.6 is 11.3 Å². The Labute approximate surface area is 197 Å². The number of aryl methyl sites for hydroxylation is 1. The maximum Gasteiger partial charge on any atom is 0.350 e. The first-order valence-electron chi connectivity index (χ1n) is 10.0. The molecule has 10 heteroatoms. The van der Waals surface area contributed by atoms with E-state index in [0.29, 0.717) is 5.75 Å². The number of carbonyl (C=O) groups excluding carboxylic acids is 3. The molecule has 3 aromatic rings. The number of esters is 1. The number of ketones is 1. The van der Waals surface area contributed by atoms with Gasteiger partial charge < -0.3 is 14.6 Å². The highest BCUT2D eigenvalue weighted by molar-refractivity contribution is 7.17. The number of amides is 1. The summed E-state index contributed by atoms with van der Waals surface area (Å²) >= 11 is 0.836. The van der Waals surface area contributed by atoms with Crippen LogP contribution in [0.5, 0.6) is 5.75 Å². The van der Waals surface area contributed by atoms with Gasteiger partial charge in [-0.05, 0) is 25.1 Å². The number of thiazole rings is 1. The van der Waals surface area contributed by atoms with Crippen molar-refractivity contribution < 1.29 is 33.4 Å². The number of carbonyl (C=O) groups is 3. The minimum absolute atomic E-state index is 0.00190. The molecule has 2 heterocycles. The Hall–Kier alpha value is -4.05. The van der Waals surface area contributed by atoms with Crippen molar-refractivity contribution in [3.8, 4) is 5.75 Å². The zero-order valence-corrected chi connectivity index (χ0v) is 19.2. The maximum atomic E-state index is 14.9. The Balaban J connectivity index is 1.96. The highest BCUT2D eigenvalue weighted by Gasteiger charge is 2.49. The van der Waals surface area contributed by atoms with Crippen LogP contribution in [0, 0.1) is 12.7 Å². The van der Waals surface area contributed by atoms with E-state index in [1.165, 1.54) is 44.6 Å². The van der Waals surface area contributed by atoms with E-state index < -0.39 is 35.3 Å². The van der Waals surface area contributed by atoms with Gasteiger partial charge in [0.2, 0.25) is 0 Å². The van der Waals surface area contributed by atoms with Gasteiger partial charge in [0, 0.05) is 11.1 Å². The second-order valence-electron chi connectivity index (χ2n) is 7.33. The van der Waals surface area contributed by atoms with E-state index in [9.17, 15) is 23.9 Å². The van der Waals surface area contributed by atoms with Crippen molar-refractivity contribution >= 4 is 39.9 Å². The number of methoxy groups -OCH3 is 2. The largest absolute Gasteiger partial charge is 0.507 e. The van der Waals surface area contributed by atoms with Gasteiger partial charge in [0.15, 0.2) is 5.13 Å². The number of aromatic nitrogens is 1. The Bertz CT molecular complexity index is 1350. The molecule has 1 amide bonds. The molecular weight excluding hydrogens is 463 g/mol. The summed E-state index contributed by atoms with van der Waals surface area (Å²) in [6.07, 6.45) is 0. The van der Waals surface area contributed by atoms with Crippen molar-refractivity contribution in [3.63, 3.8) is 0 Å². The second-order valence-corrected chi connectivity index (χ2v) is 8.30. The summed E-state index contributed by atoms with van der Waals surface area (Å²) in [4.78, 5) is 43.8. The van der Waals surface area contributed by atoms with Gasteiger partial charge in [-0.2, -0.15) is 0 Å². The number of halogens is 1. The summed E-state index contributed by atoms with van der Waals surface area (Å²) in [7, 11) is 2.65. The van der Waals surface area contributed by atoms with Gasteiger partial charge in [0.25, 0.3) is 5.78 Å². The molecule has 1 aliphatic heterocycles. The first-order chi connectivity index (χ1) is 16.3. The highest BCUT2D eigenvalue weighted by atomic mass is 32.1. The molecule has 8 nitrogen and oxygen atoms in total. The predicted molar refractivity (Wildman–Crippen MR) is 122 cm³/mol. The lowest BCUT2D eigenvalue weighted by atomic mass is 9.95. The maximum absolute atomic E-state index is 14.9. The fourth-order valence-electron chi connectivity index (χ4n) is 3.71. The third kappa shape index (κ3) is 3.81. The van der Waals surface area contributed by atoms with E-state index >= 15 is 0 Å². The van der Waals surface area contributed by atoms with Crippen LogP contribution < -0.4 is 9.64 Å². The van der Waals surface area contributed by atoms with E-state index in [1.807, 2.05) is 0 Å². The second kappa shape index (κ2) is 9.06. The number of ether oxygens (including phenoxy) is 2. The fraction of sp³-hybridized carbons (Fsp3) is 0.167. The fourth-order valence-corrected chi connectivity index (χ4v) is 4.73. The lowest BCUT2D eigenvalue weighted by molar-refractivity contribution is -0.132. The van der Waals surface area contributed by atoms with Crippen LogP contribution in [0.2, 0.25) is 0 Å². The first kappa shape index (κ1) is 23.1. The molecule has 0 unspecified atom stereocenters. The van der Waals surface area contributed by atoms with Crippen LogP contribution in [-0.2, 0) is 14.3 Å². The van der Waals surface area contributed by atoms with Crippen LogP contribution in [0.3, 0.4) is 0 Å². The molecule has 2 aromatic carbocycles. The molecule has 1 N–H and O–H groups in total. The van der Waals surface area contributed by atoms with E-state index in [4.69, 9.17) is 9.47 Å². The summed E-state index contributed by atoms with van der Waals surface area (Å²) in [5.74, 6) is -3.44. The number of nitrogens with zero attached hydrogens (tertiary/aromatic N) is 2. The molecular formula is C24H19FN2O6S. The molecule has 0 spiro atoms. The molecule has 4 rings (SSSR count).